The van der Waals surface area contributed by atoms with Crippen LogP contribution in [0.25, 0.3) is 0 Å². The second kappa shape index (κ2) is 9.39. The average Bonchev–Trinajstić information content (AvgIpc) is 3.13. The molecule has 2 aromatic carbocycles. The molecule has 2 aromatic rings. The topological polar surface area (TPSA) is 64.6 Å². The summed E-state index contributed by atoms with van der Waals surface area (Å²) in [4.78, 5) is 14.4. The van der Waals surface area contributed by atoms with Crippen LogP contribution in [0, 0.1) is 0 Å². The highest BCUT2D eigenvalue weighted by Crippen LogP contribution is 2.29. The summed E-state index contributed by atoms with van der Waals surface area (Å²) >= 11 is 0. The van der Waals surface area contributed by atoms with Crippen LogP contribution < -0.4 is 10.6 Å². The van der Waals surface area contributed by atoms with Crippen molar-refractivity contribution in [3.63, 3.8) is 0 Å². The third-order valence-electron chi connectivity index (χ3n) is 4.86. The van der Waals surface area contributed by atoms with Gasteiger partial charge in [-0.15, -0.1) is 0 Å². The summed E-state index contributed by atoms with van der Waals surface area (Å²) in [5.74, 6) is -0.658. The summed E-state index contributed by atoms with van der Waals surface area (Å²) in [7, 11) is 0. The average molecular weight is 407 g/mol. The minimum absolute atomic E-state index is 0.0826. The first-order valence-electron chi connectivity index (χ1n) is 9.47. The minimum Gasteiger partial charge on any atom is -0.377 e. The lowest BCUT2D eigenvalue weighted by molar-refractivity contribution is -0.137. The Labute approximate surface area is 167 Å². The Kier molecular flexibility index (Phi) is 6.89. The molecule has 0 radical (unpaired) electrons. The van der Waals surface area contributed by atoms with Gasteiger partial charge in [-0.25, -0.2) is 0 Å². The molecule has 1 aliphatic heterocycles. The second-order valence-corrected chi connectivity index (χ2v) is 7.18. The second-order valence-electron chi connectivity index (χ2n) is 7.18. The van der Waals surface area contributed by atoms with E-state index in [1.165, 1.54) is 17.7 Å². The third-order valence-corrected chi connectivity index (χ3v) is 4.86. The molecule has 0 saturated carbocycles. The SMILES string of the molecule is O=C(NCC(O)NC1CCN(Cc2ccccc2)C1)c1cccc(C(F)(F)F)c1. The molecule has 29 heavy (non-hydrogen) atoms. The summed E-state index contributed by atoms with van der Waals surface area (Å²) in [5, 5.41) is 15.7. The van der Waals surface area contributed by atoms with Gasteiger partial charge in [-0.05, 0) is 30.2 Å². The van der Waals surface area contributed by atoms with E-state index in [0.717, 1.165) is 38.2 Å². The van der Waals surface area contributed by atoms with Crippen LogP contribution in [-0.2, 0) is 12.7 Å². The predicted molar refractivity (Wildman–Crippen MR) is 103 cm³/mol. The monoisotopic (exact) mass is 407 g/mol. The smallest absolute Gasteiger partial charge is 0.377 e. The first-order valence-corrected chi connectivity index (χ1v) is 9.47. The fourth-order valence-electron chi connectivity index (χ4n) is 3.41. The van der Waals surface area contributed by atoms with Gasteiger partial charge in [0.1, 0.15) is 6.23 Å². The van der Waals surface area contributed by atoms with E-state index in [4.69, 9.17) is 0 Å². The standard InChI is InChI=1S/C21H24F3N3O2/c22-21(23,24)17-8-4-7-16(11-17)20(29)25-12-19(28)26-18-9-10-27(14-18)13-15-5-2-1-3-6-15/h1-8,11,18-19,26,28H,9-10,12-14H2,(H,25,29). The molecule has 0 spiro atoms. The predicted octanol–water partition coefficient (Wildman–Crippen LogP) is 2.62. The number of halogens is 3. The first kappa shape index (κ1) is 21.3. The van der Waals surface area contributed by atoms with Gasteiger partial charge in [-0.2, -0.15) is 13.2 Å². The van der Waals surface area contributed by atoms with Gasteiger partial charge in [-0.3, -0.25) is 15.0 Å². The number of carbonyl (C=O) groups excluding carboxylic acids is 1. The number of carbonyl (C=O) groups is 1. The van der Waals surface area contributed by atoms with Crippen LogP contribution in [0.4, 0.5) is 13.2 Å². The molecule has 2 atom stereocenters. The van der Waals surface area contributed by atoms with Crippen LogP contribution in [0.5, 0.6) is 0 Å². The molecular formula is C21H24F3N3O2. The molecule has 0 bridgehead atoms. The Morgan fingerprint density at radius 1 is 1.17 bits per heavy atom. The fourth-order valence-corrected chi connectivity index (χ4v) is 3.41. The number of aliphatic hydroxyl groups is 1. The van der Waals surface area contributed by atoms with Crippen LogP contribution in [0.1, 0.15) is 27.9 Å². The molecule has 5 nitrogen and oxygen atoms in total. The van der Waals surface area contributed by atoms with Crippen molar-refractivity contribution in [2.45, 2.75) is 31.4 Å². The number of likely N-dealkylation sites (tertiary alicyclic amines) is 1. The number of nitrogens with one attached hydrogen (secondary N) is 2. The van der Waals surface area contributed by atoms with Crippen molar-refractivity contribution in [2.24, 2.45) is 0 Å². The van der Waals surface area contributed by atoms with E-state index >= 15 is 0 Å². The van der Waals surface area contributed by atoms with Crippen molar-refractivity contribution in [1.82, 2.24) is 15.5 Å². The molecule has 3 rings (SSSR count). The number of nitrogens with zero attached hydrogens (tertiary/aromatic N) is 1. The minimum atomic E-state index is -4.51. The van der Waals surface area contributed by atoms with Gasteiger partial charge in [0.05, 0.1) is 12.1 Å². The molecule has 1 amide bonds. The molecule has 1 aliphatic rings. The number of benzene rings is 2. The van der Waals surface area contributed by atoms with E-state index in [-0.39, 0.29) is 18.2 Å². The van der Waals surface area contributed by atoms with E-state index in [2.05, 4.69) is 27.7 Å². The lowest BCUT2D eigenvalue weighted by Crippen LogP contribution is -2.46. The van der Waals surface area contributed by atoms with Gasteiger partial charge < -0.3 is 10.4 Å². The van der Waals surface area contributed by atoms with Crippen LogP contribution in [0.2, 0.25) is 0 Å². The number of aliphatic hydroxyl groups excluding tert-OH is 1. The molecule has 1 heterocycles. The van der Waals surface area contributed by atoms with Gasteiger partial charge in [0.15, 0.2) is 0 Å². The summed E-state index contributed by atoms with van der Waals surface area (Å²) in [5.41, 5.74) is 0.247. The quantitative estimate of drug-likeness (QED) is 0.618. The van der Waals surface area contributed by atoms with Crippen LogP contribution in [0.3, 0.4) is 0 Å². The van der Waals surface area contributed by atoms with Crippen molar-refractivity contribution in [2.75, 3.05) is 19.6 Å². The number of alkyl halides is 3. The summed E-state index contributed by atoms with van der Waals surface area (Å²) in [6.45, 7) is 2.41. The highest BCUT2D eigenvalue weighted by molar-refractivity contribution is 5.94. The molecule has 8 heteroatoms. The molecular weight excluding hydrogens is 383 g/mol. The van der Waals surface area contributed by atoms with Crippen molar-refractivity contribution < 1.29 is 23.1 Å². The zero-order valence-electron chi connectivity index (χ0n) is 15.8. The van der Waals surface area contributed by atoms with E-state index < -0.39 is 23.9 Å². The number of amides is 1. The van der Waals surface area contributed by atoms with Gasteiger partial charge in [-0.1, -0.05) is 36.4 Å². The first-order chi connectivity index (χ1) is 13.8. The lowest BCUT2D eigenvalue weighted by atomic mass is 10.1. The molecule has 3 N–H and O–H groups in total. The van der Waals surface area contributed by atoms with Gasteiger partial charge in [0.25, 0.3) is 5.91 Å². The van der Waals surface area contributed by atoms with E-state index in [1.54, 1.807) is 0 Å². The molecule has 0 aromatic heterocycles. The van der Waals surface area contributed by atoms with E-state index in [9.17, 15) is 23.1 Å². The maximum Gasteiger partial charge on any atom is 0.416 e. The van der Waals surface area contributed by atoms with E-state index in [0.29, 0.717) is 0 Å². The molecule has 0 aliphatic carbocycles. The summed E-state index contributed by atoms with van der Waals surface area (Å²) in [6.07, 6.45) is -4.62. The zero-order valence-corrected chi connectivity index (χ0v) is 15.8. The molecule has 1 saturated heterocycles. The van der Waals surface area contributed by atoms with Crippen molar-refractivity contribution in [1.29, 1.82) is 0 Å². The van der Waals surface area contributed by atoms with Gasteiger partial charge in [0, 0.05) is 31.2 Å². The van der Waals surface area contributed by atoms with Crippen molar-refractivity contribution in [3.8, 4) is 0 Å². The zero-order chi connectivity index (χ0) is 20.9. The highest BCUT2D eigenvalue weighted by atomic mass is 19.4. The van der Waals surface area contributed by atoms with E-state index in [1.807, 2.05) is 18.2 Å². The lowest BCUT2D eigenvalue weighted by Gasteiger charge is -2.20. The Hall–Kier alpha value is -2.42. The van der Waals surface area contributed by atoms with Crippen LogP contribution in [0.15, 0.2) is 54.6 Å². The molecule has 1 fully saturated rings. The number of rotatable bonds is 7. The van der Waals surface area contributed by atoms with Gasteiger partial charge >= 0.3 is 6.18 Å². The Morgan fingerprint density at radius 2 is 1.93 bits per heavy atom. The number of hydrogen-bond donors (Lipinski definition) is 3. The largest absolute Gasteiger partial charge is 0.416 e. The Morgan fingerprint density at radius 3 is 2.66 bits per heavy atom. The Balaban J connectivity index is 1.43. The maximum absolute atomic E-state index is 12.8. The molecule has 156 valence electrons. The highest BCUT2D eigenvalue weighted by Gasteiger charge is 2.31. The Bertz CT molecular complexity index is 814. The maximum atomic E-state index is 12.8. The number of hydrogen-bond acceptors (Lipinski definition) is 4. The van der Waals surface area contributed by atoms with Gasteiger partial charge in [0.2, 0.25) is 0 Å². The molecule has 2 unspecified atom stereocenters. The third kappa shape index (κ3) is 6.28. The van der Waals surface area contributed by atoms with Crippen LogP contribution in [-0.4, -0.2) is 47.8 Å². The normalized spacial score (nSPS) is 18.6. The summed E-state index contributed by atoms with van der Waals surface area (Å²) in [6, 6.07) is 14.4. The van der Waals surface area contributed by atoms with Crippen molar-refractivity contribution >= 4 is 5.91 Å². The summed E-state index contributed by atoms with van der Waals surface area (Å²) < 4.78 is 38.3. The fraction of sp³-hybridized carbons (Fsp3) is 0.381. The van der Waals surface area contributed by atoms with Crippen molar-refractivity contribution in [3.05, 3.63) is 71.3 Å². The van der Waals surface area contributed by atoms with Crippen LogP contribution >= 0.6 is 0 Å².